The number of aromatic nitrogens is 1. The molecular formula is C16H11BrN2O5S2. The van der Waals surface area contributed by atoms with Gasteiger partial charge in [0.15, 0.2) is 0 Å². The minimum absolute atomic E-state index is 0.244. The van der Waals surface area contributed by atoms with Crippen LogP contribution in [0, 0.1) is 5.92 Å². The number of hydrogen-bond donors (Lipinski definition) is 2. The number of carboxylic acid groups (broad SMARTS) is 1. The molecule has 1 saturated heterocycles. The third kappa shape index (κ3) is 2.72. The van der Waals surface area contributed by atoms with Gasteiger partial charge in [-0.05, 0) is 17.7 Å². The molecular weight excluding hydrogens is 444 g/mol. The molecule has 1 aromatic heterocycles. The Morgan fingerprint density at radius 1 is 1.19 bits per heavy atom. The average molecular weight is 455 g/mol. The maximum absolute atomic E-state index is 12.9. The number of aromatic amines is 1. The van der Waals surface area contributed by atoms with Gasteiger partial charge in [0.2, 0.25) is 11.8 Å². The van der Waals surface area contributed by atoms with Gasteiger partial charge < -0.3 is 10.1 Å². The van der Waals surface area contributed by atoms with Gasteiger partial charge in [-0.15, -0.1) is 0 Å². The van der Waals surface area contributed by atoms with Crippen LogP contribution in [0.15, 0.2) is 38.6 Å². The SMILES string of the molecule is O=C(O)CN1C(=O)[C@@H]2[C@H](c3ccc(Br)cc3)c3sc(=O)[nH]c3S[C@@H]2C1=O. The van der Waals surface area contributed by atoms with E-state index in [0.717, 1.165) is 38.0 Å². The normalized spacial score (nSPS) is 24.5. The molecule has 0 radical (unpaired) electrons. The van der Waals surface area contributed by atoms with Gasteiger partial charge in [-0.3, -0.25) is 24.1 Å². The zero-order valence-electron chi connectivity index (χ0n) is 13.0. The molecule has 7 nitrogen and oxygen atoms in total. The molecule has 10 heteroatoms. The van der Waals surface area contributed by atoms with Crippen LogP contribution in [-0.4, -0.2) is 44.6 Å². The van der Waals surface area contributed by atoms with Crippen LogP contribution in [0.4, 0.5) is 0 Å². The van der Waals surface area contributed by atoms with Crippen LogP contribution >= 0.6 is 39.0 Å². The molecule has 2 amide bonds. The molecule has 0 spiro atoms. The summed E-state index contributed by atoms with van der Waals surface area (Å²) in [6, 6.07) is 7.34. The molecule has 3 atom stereocenters. The van der Waals surface area contributed by atoms with Crippen molar-refractivity contribution in [2.45, 2.75) is 16.2 Å². The first kappa shape index (κ1) is 17.5. The number of thiazole rings is 1. The van der Waals surface area contributed by atoms with Gasteiger partial charge in [-0.1, -0.05) is 51.2 Å². The summed E-state index contributed by atoms with van der Waals surface area (Å²) in [6.07, 6.45) is 0. The standard InChI is InChI=1S/C16H11BrN2O5S2/c17-7-3-1-6(2-4-7)9-10-12(25-13-11(9)26-16(24)18-13)15(23)19(14(10)22)5-8(20)21/h1-4,9-10,12H,5H2,(H,18,24)(H,20,21)/t9-,10+,12-/m0/s1. The number of likely N-dealkylation sites (tertiary alicyclic amines) is 1. The van der Waals surface area contributed by atoms with Crippen molar-refractivity contribution in [1.29, 1.82) is 0 Å². The Bertz CT molecular complexity index is 983. The number of rotatable bonds is 3. The summed E-state index contributed by atoms with van der Waals surface area (Å²) in [6.45, 7) is -0.650. The Morgan fingerprint density at radius 2 is 1.88 bits per heavy atom. The zero-order chi connectivity index (χ0) is 18.6. The Morgan fingerprint density at radius 3 is 2.54 bits per heavy atom. The molecule has 4 rings (SSSR count). The number of carbonyl (C=O) groups is 3. The lowest BCUT2D eigenvalue weighted by Crippen LogP contribution is -2.36. The number of halogens is 1. The summed E-state index contributed by atoms with van der Waals surface area (Å²) in [5, 5.41) is 8.86. The van der Waals surface area contributed by atoms with E-state index in [9.17, 15) is 19.2 Å². The molecule has 134 valence electrons. The van der Waals surface area contributed by atoms with Crippen molar-refractivity contribution in [2.24, 2.45) is 5.92 Å². The van der Waals surface area contributed by atoms with Crippen molar-refractivity contribution in [3.63, 3.8) is 0 Å². The highest BCUT2D eigenvalue weighted by Crippen LogP contribution is 2.52. The number of aliphatic carboxylic acids is 1. The van der Waals surface area contributed by atoms with Gasteiger partial charge in [0.05, 0.1) is 10.9 Å². The van der Waals surface area contributed by atoms with E-state index >= 15 is 0 Å². The lowest BCUT2D eigenvalue weighted by molar-refractivity contribution is -0.149. The van der Waals surface area contributed by atoms with Gasteiger partial charge in [0.25, 0.3) is 0 Å². The van der Waals surface area contributed by atoms with Crippen LogP contribution in [0.3, 0.4) is 0 Å². The van der Waals surface area contributed by atoms with E-state index in [1.165, 1.54) is 0 Å². The summed E-state index contributed by atoms with van der Waals surface area (Å²) in [7, 11) is 0. The summed E-state index contributed by atoms with van der Waals surface area (Å²) in [5.74, 6) is -3.46. The van der Waals surface area contributed by atoms with E-state index < -0.39 is 41.4 Å². The quantitative estimate of drug-likeness (QED) is 0.685. The van der Waals surface area contributed by atoms with Crippen molar-refractivity contribution in [2.75, 3.05) is 6.54 Å². The van der Waals surface area contributed by atoms with Crippen LogP contribution < -0.4 is 4.87 Å². The molecule has 0 saturated carbocycles. The van der Waals surface area contributed by atoms with Crippen LogP contribution in [-0.2, 0) is 14.4 Å². The largest absolute Gasteiger partial charge is 0.480 e. The van der Waals surface area contributed by atoms with Gasteiger partial charge >= 0.3 is 10.8 Å². The summed E-state index contributed by atoms with van der Waals surface area (Å²) in [5.41, 5.74) is 0.804. The number of nitrogens with zero attached hydrogens (tertiary/aromatic N) is 1. The van der Waals surface area contributed by atoms with E-state index in [4.69, 9.17) is 5.11 Å². The Hall–Kier alpha value is -1.91. The Kier molecular flexibility index (Phi) is 4.28. The summed E-state index contributed by atoms with van der Waals surface area (Å²) < 4.78 is 0.867. The molecule has 3 heterocycles. The fraction of sp³-hybridized carbons (Fsp3) is 0.250. The fourth-order valence-electron chi connectivity index (χ4n) is 3.39. The number of benzene rings is 1. The number of hydrogen-bond acceptors (Lipinski definition) is 6. The second-order valence-corrected chi connectivity index (χ2v) is 9.04. The molecule has 0 aliphatic carbocycles. The van der Waals surface area contributed by atoms with Gasteiger partial charge in [0.1, 0.15) is 11.8 Å². The van der Waals surface area contributed by atoms with E-state index in [1.807, 2.05) is 24.3 Å². The monoisotopic (exact) mass is 454 g/mol. The average Bonchev–Trinajstić information content (AvgIpc) is 3.06. The van der Waals surface area contributed by atoms with Crippen LogP contribution in [0.2, 0.25) is 0 Å². The highest BCUT2D eigenvalue weighted by atomic mass is 79.9. The Balaban J connectivity index is 1.85. The smallest absolute Gasteiger partial charge is 0.323 e. The predicted octanol–water partition coefficient (Wildman–Crippen LogP) is 1.87. The molecule has 0 bridgehead atoms. The minimum Gasteiger partial charge on any atom is -0.480 e. The Labute approximate surface area is 163 Å². The third-order valence-electron chi connectivity index (χ3n) is 4.44. The molecule has 26 heavy (non-hydrogen) atoms. The van der Waals surface area contributed by atoms with Gasteiger partial charge in [0, 0.05) is 15.3 Å². The number of amides is 2. The van der Waals surface area contributed by atoms with E-state index in [-0.39, 0.29) is 4.87 Å². The van der Waals surface area contributed by atoms with Crippen molar-refractivity contribution >= 4 is 56.8 Å². The van der Waals surface area contributed by atoms with Crippen LogP contribution in [0.5, 0.6) is 0 Å². The van der Waals surface area contributed by atoms with Gasteiger partial charge in [-0.25, -0.2) is 0 Å². The lowest BCUT2D eigenvalue weighted by Gasteiger charge is -2.29. The number of H-pyrrole nitrogens is 1. The summed E-state index contributed by atoms with van der Waals surface area (Å²) in [4.78, 5) is 52.5. The van der Waals surface area contributed by atoms with E-state index in [1.54, 1.807) is 0 Å². The molecule has 1 fully saturated rings. The predicted molar refractivity (Wildman–Crippen MR) is 98.4 cm³/mol. The van der Waals surface area contributed by atoms with Crippen molar-refractivity contribution in [3.8, 4) is 0 Å². The number of fused-ring (bicyclic) bond motifs is 2. The molecule has 2 N–H and O–H groups in total. The number of imide groups is 1. The van der Waals surface area contributed by atoms with E-state index in [2.05, 4.69) is 20.9 Å². The van der Waals surface area contributed by atoms with Crippen molar-refractivity contribution < 1.29 is 19.5 Å². The summed E-state index contributed by atoms with van der Waals surface area (Å²) >= 11 is 5.52. The highest BCUT2D eigenvalue weighted by molar-refractivity contribution is 9.10. The van der Waals surface area contributed by atoms with E-state index in [0.29, 0.717) is 9.90 Å². The first-order chi connectivity index (χ1) is 12.4. The molecule has 0 unspecified atom stereocenters. The van der Waals surface area contributed by atoms with Crippen LogP contribution in [0.25, 0.3) is 0 Å². The first-order valence-corrected chi connectivity index (χ1v) is 10.1. The maximum atomic E-state index is 12.9. The number of carboxylic acids is 1. The van der Waals surface area contributed by atoms with Gasteiger partial charge in [-0.2, -0.15) is 0 Å². The molecule has 2 aromatic rings. The topological polar surface area (TPSA) is 108 Å². The van der Waals surface area contributed by atoms with Crippen LogP contribution in [0.1, 0.15) is 16.4 Å². The number of nitrogens with one attached hydrogen (secondary N) is 1. The lowest BCUT2D eigenvalue weighted by atomic mass is 9.83. The highest BCUT2D eigenvalue weighted by Gasteiger charge is 2.56. The second kappa shape index (κ2) is 6.36. The van der Waals surface area contributed by atoms with Crippen molar-refractivity contribution in [3.05, 3.63) is 48.8 Å². The third-order valence-corrected chi connectivity index (χ3v) is 7.37. The first-order valence-electron chi connectivity index (χ1n) is 7.59. The number of thioether (sulfide) groups is 1. The minimum atomic E-state index is -1.24. The molecule has 2 aliphatic heterocycles. The maximum Gasteiger partial charge on any atom is 0.323 e. The van der Waals surface area contributed by atoms with Crippen molar-refractivity contribution in [1.82, 2.24) is 9.88 Å². The molecule has 2 aliphatic rings. The number of carbonyl (C=O) groups excluding carboxylic acids is 2. The second-order valence-electron chi connectivity index (χ2n) is 5.96. The zero-order valence-corrected chi connectivity index (χ0v) is 16.2. The fourth-order valence-corrected chi connectivity index (χ4v) is 6.20. The molecule has 1 aromatic carbocycles.